The standard InChI is InChI=1S/C34H43F3N2O9S2/c1-6-8-25-27(14-13-24(21(3)40)30(25)43)48-15-7-16-49-23-11-9-22(10-12-23)31(20(2)17-28(41)46-4)50-19-26(39-33(45)34(35,36)37)32(44)38-18-29(42)47-5/h9-14,20,26,31,43H,6-8,15-19H2,1-5H3,(H,38,44)(H,39,45)/t20?,26-,31?/m0/s1. The van der Waals surface area contributed by atoms with Crippen LogP contribution in [0.25, 0.3) is 0 Å². The Morgan fingerprint density at radius 3 is 2.22 bits per heavy atom. The lowest BCUT2D eigenvalue weighted by molar-refractivity contribution is -0.174. The minimum atomic E-state index is -5.24. The molecule has 3 N–H and O–H groups in total. The van der Waals surface area contributed by atoms with Crippen molar-refractivity contribution in [1.82, 2.24) is 10.6 Å². The van der Waals surface area contributed by atoms with Crippen molar-refractivity contribution in [3.8, 4) is 11.5 Å². The summed E-state index contributed by atoms with van der Waals surface area (Å²) in [6.45, 7) is 4.90. The number of esters is 2. The Hall–Kier alpha value is -3.92. The quantitative estimate of drug-likeness (QED) is 0.0689. The predicted octanol–water partition coefficient (Wildman–Crippen LogP) is 5.42. The molecule has 0 radical (unpaired) electrons. The molecule has 50 heavy (non-hydrogen) atoms. The number of thioether (sulfide) groups is 2. The van der Waals surface area contributed by atoms with Crippen LogP contribution in [-0.2, 0) is 35.1 Å². The van der Waals surface area contributed by atoms with E-state index >= 15 is 0 Å². The van der Waals surface area contributed by atoms with Crippen molar-refractivity contribution in [2.45, 2.75) is 68.8 Å². The summed E-state index contributed by atoms with van der Waals surface area (Å²) >= 11 is 2.64. The van der Waals surface area contributed by atoms with E-state index in [0.29, 0.717) is 36.5 Å². The molecular weight excluding hydrogens is 702 g/mol. The van der Waals surface area contributed by atoms with Crippen LogP contribution < -0.4 is 15.4 Å². The fourth-order valence-corrected chi connectivity index (χ4v) is 6.97. The molecule has 11 nitrogen and oxygen atoms in total. The fourth-order valence-electron chi connectivity index (χ4n) is 4.73. The molecule has 2 unspecified atom stereocenters. The second kappa shape index (κ2) is 20.7. The van der Waals surface area contributed by atoms with Crippen LogP contribution in [0.3, 0.4) is 0 Å². The van der Waals surface area contributed by atoms with Crippen LogP contribution in [0.4, 0.5) is 13.2 Å². The number of halogens is 3. The number of hydrogen-bond acceptors (Lipinski definition) is 11. The zero-order valence-electron chi connectivity index (χ0n) is 28.5. The monoisotopic (exact) mass is 744 g/mol. The molecule has 0 heterocycles. The van der Waals surface area contributed by atoms with Gasteiger partial charge in [0.05, 0.1) is 26.4 Å². The number of aromatic hydroxyl groups is 1. The lowest BCUT2D eigenvalue weighted by Crippen LogP contribution is -2.52. The number of alkyl halides is 3. The lowest BCUT2D eigenvalue weighted by atomic mass is 9.97. The second-order valence-electron chi connectivity index (χ2n) is 11.2. The molecule has 0 spiro atoms. The van der Waals surface area contributed by atoms with Crippen LogP contribution in [-0.4, -0.2) is 85.7 Å². The number of rotatable bonds is 20. The number of ether oxygens (including phenoxy) is 3. The Kier molecular flexibility index (Phi) is 17.5. The maximum atomic E-state index is 13.1. The summed E-state index contributed by atoms with van der Waals surface area (Å²) in [5, 5.41) is 13.9. The van der Waals surface area contributed by atoms with Crippen molar-refractivity contribution in [2.75, 3.05) is 38.9 Å². The number of phenols is 1. The van der Waals surface area contributed by atoms with Crippen molar-refractivity contribution in [3.05, 3.63) is 53.1 Å². The summed E-state index contributed by atoms with van der Waals surface area (Å²) in [6.07, 6.45) is -3.27. The zero-order chi connectivity index (χ0) is 37.4. The summed E-state index contributed by atoms with van der Waals surface area (Å²) in [5.74, 6) is -4.39. The van der Waals surface area contributed by atoms with Gasteiger partial charge in [-0.2, -0.15) is 24.9 Å². The molecule has 0 saturated carbocycles. The number of nitrogens with one attached hydrogen (secondary N) is 2. The molecule has 0 aliphatic heterocycles. The van der Waals surface area contributed by atoms with Crippen LogP contribution in [0.5, 0.6) is 11.5 Å². The van der Waals surface area contributed by atoms with Gasteiger partial charge in [0.1, 0.15) is 24.1 Å². The third-order valence-corrected chi connectivity index (χ3v) is 10.1. The number of phenolic OH excluding ortho intramolecular Hbond substituents is 1. The first-order chi connectivity index (χ1) is 23.6. The van der Waals surface area contributed by atoms with Crippen molar-refractivity contribution in [1.29, 1.82) is 0 Å². The highest BCUT2D eigenvalue weighted by Gasteiger charge is 2.41. The summed E-state index contributed by atoms with van der Waals surface area (Å²) in [7, 11) is 2.31. The molecule has 0 aliphatic rings. The second-order valence-corrected chi connectivity index (χ2v) is 13.5. The molecule has 2 aromatic carbocycles. The summed E-state index contributed by atoms with van der Waals surface area (Å²) in [4.78, 5) is 60.8. The van der Waals surface area contributed by atoms with Crippen LogP contribution in [0, 0.1) is 5.92 Å². The largest absolute Gasteiger partial charge is 0.507 e. The maximum Gasteiger partial charge on any atom is 0.471 e. The minimum Gasteiger partial charge on any atom is -0.507 e. The topological polar surface area (TPSA) is 157 Å². The molecule has 0 aliphatic carbocycles. The van der Waals surface area contributed by atoms with E-state index in [1.807, 2.05) is 31.2 Å². The fraction of sp³-hybridized carbons (Fsp3) is 0.500. The molecule has 2 amide bonds. The Morgan fingerprint density at radius 2 is 1.64 bits per heavy atom. The lowest BCUT2D eigenvalue weighted by Gasteiger charge is -2.26. The first-order valence-corrected chi connectivity index (χ1v) is 17.8. The van der Waals surface area contributed by atoms with E-state index in [0.717, 1.165) is 35.8 Å². The number of amides is 2. The Labute approximate surface area is 297 Å². The first-order valence-electron chi connectivity index (χ1n) is 15.7. The van der Waals surface area contributed by atoms with Gasteiger partial charge in [0, 0.05) is 33.6 Å². The molecule has 0 saturated heterocycles. The molecule has 16 heteroatoms. The van der Waals surface area contributed by atoms with E-state index < -0.39 is 47.8 Å². The highest BCUT2D eigenvalue weighted by atomic mass is 32.2. The van der Waals surface area contributed by atoms with Crippen molar-refractivity contribution >= 4 is 53.1 Å². The highest BCUT2D eigenvalue weighted by Crippen LogP contribution is 2.39. The van der Waals surface area contributed by atoms with Crippen molar-refractivity contribution in [3.63, 3.8) is 0 Å². The normalized spacial score (nSPS) is 13.0. The van der Waals surface area contributed by atoms with Crippen molar-refractivity contribution in [2.24, 2.45) is 5.92 Å². The number of methoxy groups -OCH3 is 2. The van der Waals surface area contributed by atoms with Gasteiger partial charge in [0.2, 0.25) is 5.91 Å². The number of Topliss-reactive ketones (excluding diaryl/α,β-unsaturated/α-hetero) is 1. The molecule has 2 aromatic rings. The Balaban J connectivity index is 2.12. The van der Waals surface area contributed by atoms with Gasteiger partial charge in [0.25, 0.3) is 0 Å². The van der Waals surface area contributed by atoms with Crippen LogP contribution in [0.1, 0.15) is 66.8 Å². The van der Waals surface area contributed by atoms with E-state index in [4.69, 9.17) is 9.47 Å². The van der Waals surface area contributed by atoms with Gasteiger partial charge in [0.15, 0.2) is 5.78 Å². The number of benzene rings is 2. The average Bonchev–Trinajstić information content (AvgIpc) is 3.07. The van der Waals surface area contributed by atoms with Gasteiger partial charge >= 0.3 is 24.0 Å². The van der Waals surface area contributed by atoms with Crippen LogP contribution in [0.2, 0.25) is 0 Å². The number of carbonyl (C=O) groups excluding carboxylic acids is 5. The molecule has 3 atom stereocenters. The maximum absolute atomic E-state index is 13.1. The molecular formula is C34H43F3N2O9S2. The molecule has 0 aromatic heterocycles. The van der Waals surface area contributed by atoms with Gasteiger partial charge in [-0.05, 0) is 55.5 Å². The van der Waals surface area contributed by atoms with Gasteiger partial charge in [-0.1, -0.05) is 32.4 Å². The van der Waals surface area contributed by atoms with E-state index in [-0.39, 0.29) is 35.2 Å². The van der Waals surface area contributed by atoms with Gasteiger partial charge in [-0.3, -0.25) is 24.0 Å². The highest BCUT2D eigenvalue weighted by molar-refractivity contribution is 7.99. The number of carbonyl (C=O) groups is 5. The first kappa shape index (κ1) is 42.2. The smallest absolute Gasteiger partial charge is 0.471 e. The van der Waals surface area contributed by atoms with Gasteiger partial charge in [-0.15, -0.1) is 11.8 Å². The van der Waals surface area contributed by atoms with Crippen LogP contribution in [0.15, 0.2) is 41.3 Å². The Morgan fingerprint density at radius 1 is 0.980 bits per heavy atom. The van der Waals surface area contributed by atoms with E-state index in [2.05, 4.69) is 10.1 Å². The number of hydrogen-bond donors (Lipinski definition) is 3. The van der Waals surface area contributed by atoms with E-state index in [9.17, 15) is 42.3 Å². The SMILES string of the molecule is CCCc1c(OCCCSc2ccc(C(SC[C@H](NC(=O)C(F)(F)F)C(=O)NCC(=O)OC)C(C)CC(=O)OC)cc2)ccc(C(C)=O)c1O. The average molecular weight is 745 g/mol. The Bertz CT molecular complexity index is 1470. The molecule has 2 rings (SSSR count). The summed E-state index contributed by atoms with van der Waals surface area (Å²) in [5.41, 5.74) is 1.59. The van der Waals surface area contributed by atoms with Crippen molar-refractivity contribution < 1.29 is 56.5 Å². The molecule has 0 bridgehead atoms. The molecule has 276 valence electrons. The van der Waals surface area contributed by atoms with Gasteiger partial charge in [-0.25, -0.2) is 0 Å². The third-order valence-electron chi connectivity index (χ3n) is 7.33. The third kappa shape index (κ3) is 13.4. The summed E-state index contributed by atoms with van der Waals surface area (Å²) < 4.78 is 54.3. The van der Waals surface area contributed by atoms with E-state index in [1.165, 1.54) is 14.0 Å². The van der Waals surface area contributed by atoms with Crippen LogP contribution >= 0.6 is 23.5 Å². The zero-order valence-corrected chi connectivity index (χ0v) is 30.1. The summed E-state index contributed by atoms with van der Waals surface area (Å²) in [6, 6.07) is 8.97. The minimum absolute atomic E-state index is 0.0198. The van der Waals surface area contributed by atoms with Gasteiger partial charge < -0.3 is 30.0 Å². The number of ketones is 1. The molecule has 0 fully saturated rings. The van der Waals surface area contributed by atoms with E-state index in [1.54, 1.807) is 36.1 Å². The predicted molar refractivity (Wildman–Crippen MR) is 183 cm³/mol.